The molecule has 0 heterocycles. The van der Waals surface area contributed by atoms with Crippen LogP contribution >= 0.6 is 0 Å². The van der Waals surface area contributed by atoms with Crippen molar-refractivity contribution in [3.8, 4) is 0 Å². The van der Waals surface area contributed by atoms with E-state index in [1.807, 2.05) is 60.7 Å². The zero-order valence-corrected chi connectivity index (χ0v) is 13.6. The Morgan fingerprint density at radius 1 is 0.917 bits per heavy atom. The van der Waals surface area contributed by atoms with Crippen LogP contribution in [-0.2, 0) is 9.59 Å². The summed E-state index contributed by atoms with van der Waals surface area (Å²) in [5.41, 5.74) is 2.04. The van der Waals surface area contributed by atoms with Crippen molar-refractivity contribution in [3.05, 3.63) is 71.8 Å². The number of amides is 1. The highest BCUT2D eigenvalue weighted by molar-refractivity contribution is 5.76. The summed E-state index contributed by atoms with van der Waals surface area (Å²) in [5.74, 6) is -1.47. The van der Waals surface area contributed by atoms with Crippen molar-refractivity contribution in [2.45, 2.75) is 18.8 Å². The zero-order chi connectivity index (χ0) is 17.1. The third-order valence-corrected chi connectivity index (χ3v) is 4.94. The van der Waals surface area contributed by atoms with Gasteiger partial charge in [0.25, 0.3) is 0 Å². The second-order valence-electron chi connectivity index (χ2n) is 6.34. The highest BCUT2D eigenvalue weighted by Gasteiger charge is 2.54. The Morgan fingerprint density at radius 3 is 1.75 bits per heavy atom. The smallest absolute Gasteiger partial charge is 0.307 e. The number of hydrogen-bond donors (Lipinski definition) is 2. The number of rotatable bonds is 5. The summed E-state index contributed by atoms with van der Waals surface area (Å²) in [5, 5.41) is 12.7. The van der Waals surface area contributed by atoms with Gasteiger partial charge >= 0.3 is 5.97 Å². The second-order valence-corrected chi connectivity index (χ2v) is 6.34. The molecule has 0 spiro atoms. The zero-order valence-electron chi connectivity index (χ0n) is 13.6. The normalized spacial score (nSPS) is 25.5. The molecule has 4 nitrogen and oxygen atoms in total. The summed E-state index contributed by atoms with van der Waals surface area (Å²) in [6, 6.07) is 19.5. The van der Waals surface area contributed by atoms with Gasteiger partial charge in [-0.25, -0.2) is 0 Å². The van der Waals surface area contributed by atoms with Crippen LogP contribution in [0.15, 0.2) is 60.7 Å². The van der Waals surface area contributed by atoms with Gasteiger partial charge in [0, 0.05) is 25.3 Å². The Bertz CT molecular complexity index is 667. The first kappa shape index (κ1) is 16.2. The van der Waals surface area contributed by atoms with E-state index in [1.54, 1.807) is 0 Å². The molecule has 2 aromatic carbocycles. The van der Waals surface area contributed by atoms with Crippen molar-refractivity contribution in [2.75, 3.05) is 6.54 Å². The Balaban J connectivity index is 1.96. The summed E-state index contributed by atoms with van der Waals surface area (Å²) in [6.07, 6.45) is 0. The maximum Gasteiger partial charge on any atom is 0.307 e. The maximum absolute atomic E-state index is 11.9. The number of benzene rings is 2. The van der Waals surface area contributed by atoms with E-state index in [2.05, 4.69) is 5.32 Å². The fraction of sp³-hybridized carbons (Fsp3) is 0.300. The first-order valence-corrected chi connectivity index (χ1v) is 8.16. The number of carboxylic acids is 1. The van der Waals surface area contributed by atoms with Gasteiger partial charge in [0.1, 0.15) is 0 Å². The minimum atomic E-state index is -0.781. The third-order valence-electron chi connectivity index (χ3n) is 4.94. The fourth-order valence-electron chi connectivity index (χ4n) is 3.92. The quantitative estimate of drug-likeness (QED) is 0.889. The molecule has 0 radical (unpaired) electrons. The summed E-state index contributed by atoms with van der Waals surface area (Å²) < 4.78 is 0. The Hall–Kier alpha value is -2.62. The lowest BCUT2D eigenvalue weighted by Gasteiger charge is -2.50. The van der Waals surface area contributed by atoms with Gasteiger partial charge in [-0.05, 0) is 17.0 Å². The highest BCUT2D eigenvalue weighted by Crippen LogP contribution is 2.57. The molecule has 1 aliphatic carbocycles. The number of hydrogen-bond acceptors (Lipinski definition) is 2. The minimum Gasteiger partial charge on any atom is -0.481 e. The molecule has 2 atom stereocenters. The molecule has 2 N–H and O–H groups in total. The summed E-state index contributed by atoms with van der Waals surface area (Å²) in [4.78, 5) is 23.3. The van der Waals surface area contributed by atoms with E-state index in [-0.39, 0.29) is 23.7 Å². The average Bonchev–Trinajstić information content (AvgIpc) is 2.55. The van der Waals surface area contributed by atoms with Gasteiger partial charge in [-0.2, -0.15) is 0 Å². The largest absolute Gasteiger partial charge is 0.481 e. The molecule has 3 rings (SSSR count). The van der Waals surface area contributed by atoms with Crippen LogP contribution in [0.5, 0.6) is 0 Å². The molecule has 0 bridgehead atoms. The molecule has 2 aromatic rings. The van der Waals surface area contributed by atoms with Crippen LogP contribution in [0.1, 0.15) is 29.9 Å². The third kappa shape index (κ3) is 3.04. The first-order valence-electron chi connectivity index (χ1n) is 8.16. The number of aliphatic carboxylic acids is 1. The van der Waals surface area contributed by atoms with E-state index in [0.717, 1.165) is 11.1 Å². The van der Waals surface area contributed by atoms with Crippen LogP contribution in [-0.4, -0.2) is 23.5 Å². The van der Waals surface area contributed by atoms with Crippen LogP contribution in [0.3, 0.4) is 0 Å². The van der Waals surface area contributed by atoms with E-state index in [4.69, 9.17) is 0 Å². The molecule has 1 fully saturated rings. The molecule has 1 amide bonds. The van der Waals surface area contributed by atoms with Crippen molar-refractivity contribution >= 4 is 11.9 Å². The van der Waals surface area contributed by atoms with Gasteiger partial charge < -0.3 is 10.4 Å². The number of carboxylic acid groups (broad SMARTS) is 1. The molecule has 0 aromatic heterocycles. The number of nitrogens with one attached hydrogen (secondary N) is 1. The summed E-state index contributed by atoms with van der Waals surface area (Å²) >= 11 is 0. The molecule has 0 unspecified atom stereocenters. The Kier molecular flexibility index (Phi) is 4.65. The van der Waals surface area contributed by atoms with Crippen LogP contribution in [0, 0.1) is 11.8 Å². The fourth-order valence-corrected chi connectivity index (χ4v) is 3.92. The molecule has 24 heavy (non-hydrogen) atoms. The van der Waals surface area contributed by atoms with Gasteiger partial charge in [-0.1, -0.05) is 60.7 Å². The lowest BCUT2D eigenvalue weighted by Crippen LogP contribution is -2.51. The predicted molar refractivity (Wildman–Crippen MR) is 91.7 cm³/mol. The SMILES string of the molecule is CC(=O)NC[C@H]1[C@@H](c2ccccc2)[C@@H](C(=O)O)[C@@H]1c1ccccc1. The molecule has 4 heteroatoms. The van der Waals surface area contributed by atoms with Crippen molar-refractivity contribution in [3.63, 3.8) is 0 Å². The van der Waals surface area contributed by atoms with Gasteiger partial charge in [0.2, 0.25) is 5.91 Å². The van der Waals surface area contributed by atoms with Crippen molar-refractivity contribution < 1.29 is 14.7 Å². The molecular weight excluding hydrogens is 302 g/mol. The van der Waals surface area contributed by atoms with Crippen molar-refractivity contribution in [1.29, 1.82) is 0 Å². The maximum atomic E-state index is 11.9. The topological polar surface area (TPSA) is 66.4 Å². The number of carbonyl (C=O) groups is 2. The van der Waals surface area contributed by atoms with Crippen LogP contribution in [0.25, 0.3) is 0 Å². The molecule has 124 valence electrons. The molecule has 1 aliphatic rings. The van der Waals surface area contributed by atoms with Gasteiger partial charge in [-0.15, -0.1) is 0 Å². The first-order chi connectivity index (χ1) is 11.6. The van der Waals surface area contributed by atoms with Gasteiger partial charge in [0.05, 0.1) is 5.92 Å². The molecule has 0 aliphatic heterocycles. The molecule has 0 saturated heterocycles. The van der Waals surface area contributed by atoms with Crippen LogP contribution < -0.4 is 5.32 Å². The van der Waals surface area contributed by atoms with Crippen LogP contribution in [0.2, 0.25) is 0 Å². The van der Waals surface area contributed by atoms with E-state index >= 15 is 0 Å². The minimum absolute atomic E-state index is 0.0693. The van der Waals surface area contributed by atoms with E-state index in [1.165, 1.54) is 6.92 Å². The summed E-state index contributed by atoms with van der Waals surface area (Å²) in [7, 11) is 0. The van der Waals surface area contributed by atoms with Crippen LogP contribution in [0.4, 0.5) is 0 Å². The van der Waals surface area contributed by atoms with E-state index < -0.39 is 11.9 Å². The number of carbonyl (C=O) groups excluding carboxylic acids is 1. The van der Waals surface area contributed by atoms with E-state index in [9.17, 15) is 14.7 Å². The van der Waals surface area contributed by atoms with Gasteiger partial charge in [0.15, 0.2) is 0 Å². The average molecular weight is 323 g/mol. The highest BCUT2D eigenvalue weighted by atomic mass is 16.4. The van der Waals surface area contributed by atoms with Gasteiger partial charge in [-0.3, -0.25) is 9.59 Å². The molecular formula is C20H21NO3. The second kappa shape index (κ2) is 6.87. The Labute approximate surface area is 141 Å². The Morgan fingerprint density at radius 2 is 1.38 bits per heavy atom. The standard InChI is InChI=1S/C20H21NO3/c1-13(22)21-12-16-17(14-8-4-2-5-9-14)19(20(23)24)18(16)15-10-6-3-7-11-15/h2-11,16-19H,12H2,1H3,(H,21,22)(H,23,24)/t16-,17-,18-,19+/m1/s1. The van der Waals surface area contributed by atoms with Crippen molar-refractivity contribution in [1.82, 2.24) is 5.32 Å². The monoisotopic (exact) mass is 323 g/mol. The molecule has 1 saturated carbocycles. The lowest BCUT2D eigenvalue weighted by atomic mass is 9.52. The van der Waals surface area contributed by atoms with Crippen molar-refractivity contribution in [2.24, 2.45) is 11.8 Å². The summed E-state index contributed by atoms with van der Waals surface area (Å²) in [6.45, 7) is 1.97. The van der Waals surface area contributed by atoms with E-state index in [0.29, 0.717) is 6.54 Å². The lowest BCUT2D eigenvalue weighted by molar-refractivity contribution is -0.150. The predicted octanol–water partition coefficient (Wildman–Crippen LogP) is 3.02.